The predicted molar refractivity (Wildman–Crippen MR) is 44.8 cm³/mol. The van der Waals surface area contributed by atoms with Gasteiger partial charge in [0.25, 0.3) is 5.56 Å². The van der Waals surface area contributed by atoms with Gasteiger partial charge in [0.05, 0.1) is 12.1 Å². The second-order valence-corrected chi connectivity index (χ2v) is 2.96. The Balaban J connectivity index is 3.24. The lowest BCUT2D eigenvalue weighted by molar-refractivity contribution is 0.575. The highest BCUT2D eigenvalue weighted by Gasteiger charge is 2.01. The summed E-state index contributed by atoms with van der Waals surface area (Å²) in [5.41, 5.74) is -1.56. The molecule has 1 heterocycles. The van der Waals surface area contributed by atoms with Crippen molar-refractivity contribution in [1.29, 1.82) is 0 Å². The third-order valence-corrected chi connectivity index (χ3v) is 1.77. The number of rotatable bonds is 2. The Hall–Kier alpha value is -1.04. The second-order valence-electron chi connectivity index (χ2n) is 2.12. The number of halogens is 1. The molecular weight excluding hydrogens is 183 g/mol. The maximum Gasteiger partial charge on any atom is 0.329 e. The minimum absolute atomic E-state index is 0.326. The molecule has 0 atom stereocenters. The highest BCUT2D eigenvalue weighted by Crippen LogP contribution is 1.94. The summed E-state index contributed by atoms with van der Waals surface area (Å²) in [6, 6.07) is 0. The van der Waals surface area contributed by atoms with E-state index >= 15 is 0 Å². The zero-order valence-electron chi connectivity index (χ0n) is 6.33. The molecular formula is C6H7FN2O2S. The van der Waals surface area contributed by atoms with E-state index in [-0.39, 0.29) is 0 Å². The first-order valence-corrected chi connectivity index (χ1v) is 4.52. The van der Waals surface area contributed by atoms with E-state index in [1.807, 2.05) is 4.98 Å². The van der Waals surface area contributed by atoms with Crippen molar-refractivity contribution in [1.82, 2.24) is 9.55 Å². The van der Waals surface area contributed by atoms with Gasteiger partial charge in [0.1, 0.15) is 0 Å². The Labute approximate surface area is 71.4 Å². The summed E-state index contributed by atoms with van der Waals surface area (Å²) >= 11 is 1.36. The number of hydrogen-bond acceptors (Lipinski definition) is 3. The number of nitrogens with zero attached hydrogens (tertiary/aromatic N) is 1. The van der Waals surface area contributed by atoms with E-state index in [0.29, 0.717) is 5.88 Å². The van der Waals surface area contributed by atoms with Gasteiger partial charge in [-0.15, -0.1) is 11.8 Å². The standard InChI is InChI=1S/C6H7FN2O2S/c1-12-3-9-2-4(7)5(10)8-6(9)11/h2H,3H2,1H3,(H,8,10,11). The first-order valence-electron chi connectivity index (χ1n) is 3.13. The first kappa shape index (κ1) is 9.05. The van der Waals surface area contributed by atoms with E-state index in [2.05, 4.69) is 0 Å². The van der Waals surface area contributed by atoms with E-state index in [4.69, 9.17) is 0 Å². The summed E-state index contributed by atoms with van der Waals surface area (Å²) in [4.78, 5) is 23.3. The summed E-state index contributed by atoms with van der Waals surface area (Å²) < 4.78 is 13.7. The molecule has 0 aromatic carbocycles. The molecule has 0 aliphatic carbocycles. The Morgan fingerprint density at radius 2 is 2.33 bits per heavy atom. The lowest BCUT2D eigenvalue weighted by Crippen LogP contribution is -2.30. The van der Waals surface area contributed by atoms with Crippen LogP contribution in [0.25, 0.3) is 0 Å². The summed E-state index contributed by atoms with van der Waals surface area (Å²) in [6.45, 7) is 0. The molecule has 1 N–H and O–H groups in total. The smallest absolute Gasteiger partial charge is 0.288 e. The van der Waals surface area contributed by atoms with Crippen molar-refractivity contribution in [3.63, 3.8) is 0 Å². The van der Waals surface area contributed by atoms with Gasteiger partial charge in [-0.05, 0) is 6.26 Å². The second kappa shape index (κ2) is 3.57. The van der Waals surface area contributed by atoms with Gasteiger partial charge < -0.3 is 0 Å². The van der Waals surface area contributed by atoms with Crippen LogP contribution in [0.4, 0.5) is 4.39 Å². The quantitative estimate of drug-likeness (QED) is 0.714. The average Bonchev–Trinajstić information content (AvgIpc) is 2.01. The van der Waals surface area contributed by atoms with Crippen LogP contribution < -0.4 is 11.2 Å². The van der Waals surface area contributed by atoms with Gasteiger partial charge in [0.15, 0.2) is 0 Å². The van der Waals surface area contributed by atoms with E-state index in [1.165, 1.54) is 11.8 Å². The van der Waals surface area contributed by atoms with Crippen molar-refractivity contribution in [2.45, 2.75) is 5.88 Å². The van der Waals surface area contributed by atoms with Crippen LogP contribution in [0.15, 0.2) is 15.8 Å². The summed E-state index contributed by atoms with van der Waals surface area (Å²) in [7, 11) is 0. The summed E-state index contributed by atoms with van der Waals surface area (Å²) in [5, 5.41) is 0. The van der Waals surface area contributed by atoms with Gasteiger partial charge in [0, 0.05) is 0 Å². The van der Waals surface area contributed by atoms with Crippen molar-refractivity contribution in [3.05, 3.63) is 32.9 Å². The fraction of sp³-hybridized carbons (Fsp3) is 0.333. The number of hydrogen-bond donors (Lipinski definition) is 1. The molecule has 4 nitrogen and oxygen atoms in total. The van der Waals surface area contributed by atoms with Crippen LogP contribution in [0.2, 0.25) is 0 Å². The fourth-order valence-electron chi connectivity index (χ4n) is 0.718. The van der Waals surface area contributed by atoms with Crippen molar-refractivity contribution in [2.24, 2.45) is 0 Å². The number of nitrogens with one attached hydrogen (secondary N) is 1. The molecule has 0 saturated carbocycles. The van der Waals surface area contributed by atoms with Gasteiger partial charge in [0.2, 0.25) is 5.82 Å². The van der Waals surface area contributed by atoms with Crippen LogP contribution in [0, 0.1) is 5.82 Å². The molecule has 0 radical (unpaired) electrons. The van der Waals surface area contributed by atoms with E-state index < -0.39 is 17.1 Å². The third-order valence-electron chi connectivity index (χ3n) is 1.24. The molecule has 0 fully saturated rings. The van der Waals surface area contributed by atoms with Gasteiger partial charge >= 0.3 is 5.69 Å². The maximum absolute atomic E-state index is 12.6. The zero-order valence-corrected chi connectivity index (χ0v) is 7.15. The molecule has 6 heteroatoms. The Kier molecular flexibility index (Phi) is 2.69. The van der Waals surface area contributed by atoms with E-state index in [0.717, 1.165) is 10.8 Å². The Morgan fingerprint density at radius 1 is 1.67 bits per heavy atom. The van der Waals surface area contributed by atoms with Crippen molar-refractivity contribution in [2.75, 3.05) is 6.26 Å². The SMILES string of the molecule is CSCn1cc(F)c(=O)[nH]c1=O. The van der Waals surface area contributed by atoms with Gasteiger partial charge in [-0.2, -0.15) is 4.39 Å². The van der Waals surface area contributed by atoms with Crippen LogP contribution in [0.1, 0.15) is 0 Å². The Bertz CT molecular complexity index is 384. The topological polar surface area (TPSA) is 54.9 Å². The molecule has 0 saturated heterocycles. The molecule has 1 aromatic rings. The maximum atomic E-state index is 12.6. The van der Waals surface area contributed by atoms with Crippen molar-refractivity contribution in [3.8, 4) is 0 Å². The van der Waals surface area contributed by atoms with Gasteiger partial charge in [-0.3, -0.25) is 14.3 Å². The molecule has 0 bridgehead atoms. The summed E-state index contributed by atoms with van der Waals surface area (Å²) in [6.07, 6.45) is 2.67. The van der Waals surface area contributed by atoms with Crippen LogP contribution in [0.3, 0.4) is 0 Å². The molecule has 1 aromatic heterocycles. The summed E-state index contributed by atoms with van der Waals surface area (Å²) in [5.74, 6) is -0.615. The fourth-order valence-corrected chi connectivity index (χ4v) is 1.19. The highest BCUT2D eigenvalue weighted by atomic mass is 32.2. The lowest BCUT2D eigenvalue weighted by atomic mass is 10.6. The molecule has 0 amide bonds. The number of H-pyrrole nitrogens is 1. The van der Waals surface area contributed by atoms with Crippen LogP contribution in [0.5, 0.6) is 0 Å². The van der Waals surface area contributed by atoms with Gasteiger partial charge in [-0.1, -0.05) is 0 Å². The Morgan fingerprint density at radius 3 is 2.92 bits per heavy atom. The van der Waals surface area contributed by atoms with Crippen LogP contribution in [-0.4, -0.2) is 15.8 Å². The normalized spacial score (nSPS) is 10.2. The van der Waals surface area contributed by atoms with Crippen LogP contribution >= 0.6 is 11.8 Å². The average molecular weight is 190 g/mol. The minimum atomic E-state index is -0.975. The number of aromatic nitrogens is 2. The predicted octanol–water partition coefficient (Wildman–Crippen LogP) is -0.00380. The van der Waals surface area contributed by atoms with Gasteiger partial charge in [-0.25, -0.2) is 4.79 Å². The molecule has 1 rings (SSSR count). The molecule has 12 heavy (non-hydrogen) atoms. The largest absolute Gasteiger partial charge is 0.329 e. The molecule has 66 valence electrons. The first-order chi connectivity index (χ1) is 5.65. The van der Waals surface area contributed by atoms with E-state index in [9.17, 15) is 14.0 Å². The molecule has 0 aliphatic heterocycles. The zero-order chi connectivity index (χ0) is 9.14. The number of thioether (sulfide) groups is 1. The lowest BCUT2D eigenvalue weighted by Gasteiger charge is -2.00. The van der Waals surface area contributed by atoms with Crippen LogP contribution in [-0.2, 0) is 5.88 Å². The molecule has 0 unspecified atom stereocenters. The number of aromatic amines is 1. The monoisotopic (exact) mass is 190 g/mol. The highest BCUT2D eigenvalue weighted by molar-refractivity contribution is 7.97. The van der Waals surface area contributed by atoms with Crippen molar-refractivity contribution < 1.29 is 4.39 Å². The third kappa shape index (κ3) is 1.76. The minimum Gasteiger partial charge on any atom is -0.288 e. The molecule has 0 aliphatic rings. The van der Waals surface area contributed by atoms with E-state index in [1.54, 1.807) is 6.26 Å². The molecule has 0 spiro atoms. The van der Waals surface area contributed by atoms with Crippen molar-refractivity contribution >= 4 is 11.8 Å².